The number of nitrogens with one attached hydrogen (secondary N) is 1. The fourth-order valence-corrected chi connectivity index (χ4v) is 0.827. The molecule has 0 atom stereocenters. The van der Waals surface area contributed by atoms with Crippen molar-refractivity contribution >= 4 is 11.6 Å². The van der Waals surface area contributed by atoms with Crippen LogP contribution in [0, 0.1) is 0 Å². The van der Waals surface area contributed by atoms with Gasteiger partial charge in [0.2, 0.25) is 0 Å². The smallest absolute Gasteiger partial charge is 0.292 e. The molecule has 0 radical (unpaired) electrons. The molecule has 3 N–H and O–H groups in total. The summed E-state index contributed by atoms with van der Waals surface area (Å²) in [5.74, 6) is 0.725. The van der Waals surface area contributed by atoms with Gasteiger partial charge in [0.1, 0.15) is 5.76 Å². The quantitative estimate of drug-likeness (QED) is 0.650. The van der Waals surface area contributed by atoms with Crippen molar-refractivity contribution in [3.63, 3.8) is 0 Å². The Morgan fingerprint density at radius 1 is 1.73 bits per heavy atom. The Labute approximate surface area is 69.7 Å². The molecule has 0 fully saturated rings. The van der Waals surface area contributed by atoms with E-state index >= 15 is 0 Å². The predicted octanol–water partition coefficient (Wildman–Crippen LogP) is 0.376. The van der Waals surface area contributed by atoms with Crippen molar-refractivity contribution in [2.45, 2.75) is 6.54 Å². The highest BCUT2D eigenvalue weighted by molar-refractivity contribution is 6.27. The zero-order valence-electron chi connectivity index (χ0n) is 6.01. The summed E-state index contributed by atoms with van der Waals surface area (Å²) >= 11 is 5.44. The molecule has 0 saturated heterocycles. The third-order valence-corrected chi connectivity index (χ3v) is 1.32. The van der Waals surface area contributed by atoms with Crippen LogP contribution in [0.5, 0.6) is 0 Å². The van der Waals surface area contributed by atoms with E-state index in [-0.39, 0.29) is 5.35 Å². The summed E-state index contributed by atoms with van der Waals surface area (Å²) in [6.07, 6.45) is 1.59. The van der Waals surface area contributed by atoms with Crippen LogP contribution in [0.25, 0.3) is 0 Å². The molecule has 1 rings (SSSR count). The van der Waals surface area contributed by atoms with Gasteiger partial charge in [0.15, 0.2) is 0 Å². The first-order valence-corrected chi connectivity index (χ1v) is 3.71. The maximum absolute atomic E-state index is 5.44. The summed E-state index contributed by atoms with van der Waals surface area (Å²) in [6.45, 7) is 2.00. The fraction of sp³-hybridized carbons (Fsp3) is 0.500. The summed E-state index contributed by atoms with van der Waals surface area (Å²) in [5, 5.41) is 3.22. The molecule has 5 heteroatoms. The van der Waals surface area contributed by atoms with Crippen molar-refractivity contribution in [3.8, 4) is 0 Å². The van der Waals surface area contributed by atoms with Crippen molar-refractivity contribution < 1.29 is 4.42 Å². The zero-order chi connectivity index (χ0) is 8.10. The summed E-state index contributed by atoms with van der Waals surface area (Å²) in [4.78, 5) is 3.72. The van der Waals surface area contributed by atoms with Gasteiger partial charge in [0, 0.05) is 13.1 Å². The predicted molar refractivity (Wildman–Crippen MR) is 42.3 cm³/mol. The summed E-state index contributed by atoms with van der Waals surface area (Å²) < 4.78 is 4.98. The van der Waals surface area contributed by atoms with E-state index in [1.807, 2.05) is 0 Å². The number of halogens is 1. The van der Waals surface area contributed by atoms with Crippen LogP contribution in [-0.4, -0.2) is 18.1 Å². The summed E-state index contributed by atoms with van der Waals surface area (Å²) in [7, 11) is 0. The molecule has 0 spiro atoms. The van der Waals surface area contributed by atoms with E-state index in [1.54, 1.807) is 6.20 Å². The molecule has 0 aliphatic rings. The van der Waals surface area contributed by atoms with E-state index in [4.69, 9.17) is 21.8 Å². The third-order valence-electron chi connectivity index (χ3n) is 1.15. The van der Waals surface area contributed by atoms with E-state index in [9.17, 15) is 0 Å². The van der Waals surface area contributed by atoms with E-state index in [0.29, 0.717) is 13.1 Å². The van der Waals surface area contributed by atoms with Crippen molar-refractivity contribution in [1.29, 1.82) is 0 Å². The van der Waals surface area contributed by atoms with Gasteiger partial charge in [-0.05, 0) is 11.6 Å². The molecule has 0 aliphatic carbocycles. The third kappa shape index (κ3) is 2.88. The summed E-state index contributed by atoms with van der Waals surface area (Å²) in [6, 6.07) is 0. The van der Waals surface area contributed by atoms with Crippen LogP contribution in [0.3, 0.4) is 0 Å². The maximum atomic E-state index is 5.44. The van der Waals surface area contributed by atoms with Gasteiger partial charge in [-0.3, -0.25) is 0 Å². The second kappa shape index (κ2) is 4.33. The van der Waals surface area contributed by atoms with Crippen molar-refractivity contribution in [2.75, 3.05) is 13.1 Å². The Morgan fingerprint density at radius 2 is 2.55 bits per heavy atom. The van der Waals surface area contributed by atoms with Gasteiger partial charge in [-0.25, -0.2) is 4.98 Å². The van der Waals surface area contributed by atoms with Crippen LogP contribution >= 0.6 is 11.6 Å². The Kier molecular flexibility index (Phi) is 3.35. The molecule has 0 unspecified atom stereocenters. The normalized spacial score (nSPS) is 10.4. The Hall–Kier alpha value is -0.580. The molecule has 11 heavy (non-hydrogen) atoms. The molecule has 0 amide bonds. The number of aromatic nitrogens is 1. The van der Waals surface area contributed by atoms with E-state index < -0.39 is 0 Å². The molecule has 1 aromatic rings. The van der Waals surface area contributed by atoms with Gasteiger partial charge in [-0.15, -0.1) is 0 Å². The molecular weight excluding hydrogens is 166 g/mol. The second-order valence-corrected chi connectivity index (χ2v) is 2.37. The first kappa shape index (κ1) is 8.52. The van der Waals surface area contributed by atoms with Crippen LogP contribution in [0.15, 0.2) is 10.6 Å². The van der Waals surface area contributed by atoms with Crippen molar-refractivity contribution in [1.82, 2.24) is 10.3 Å². The molecule has 0 aromatic carbocycles. The highest BCUT2D eigenvalue weighted by atomic mass is 35.5. The monoisotopic (exact) mass is 175 g/mol. The van der Waals surface area contributed by atoms with E-state index in [2.05, 4.69) is 10.3 Å². The van der Waals surface area contributed by atoms with Crippen LogP contribution in [0.2, 0.25) is 5.35 Å². The number of nitrogens with two attached hydrogens (primary N) is 1. The van der Waals surface area contributed by atoms with Crippen molar-refractivity contribution in [3.05, 3.63) is 17.3 Å². The number of hydrogen-bond acceptors (Lipinski definition) is 4. The van der Waals surface area contributed by atoms with Gasteiger partial charge in [0.05, 0.1) is 12.7 Å². The summed E-state index contributed by atoms with van der Waals surface area (Å²) in [5.41, 5.74) is 5.26. The molecule has 62 valence electrons. The van der Waals surface area contributed by atoms with Crippen molar-refractivity contribution in [2.24, 2.45) is 5.73 Å². The van der Waals surface area contributed by atoms with Gasteiger partial charge in [-0.2, -0.15) is 0 Å². The lowest BCUT2D eigenvalue weighted by Gasteiger charge is -1.96. The fourth-order valence-electron chi connectivity index (χ4n) is 0.679. The minimum atomic E-state index is 0.176. The highest BCUT2D eigenvalue weighted by Crippen LogP contribution is 2.07. The molecule has 0 bridgehead atoms. The van der Waals surface area contributed by atoms with Gasteiger partial charge >= 0.3 is 0 Å². The molecule has 4 nitrogen and oxygen atoms in total. The number of rotatable bonds is 4. The van der Waals surface area contributed by atoms with Crippen LogP contribution in [-0.2, 0) is 6.54 Å². The molecule has 1 aromatic heterocycles. The lowest BCUT2D eigenvalue weighted by atomic mass is 10.5. The van der Waals surface area contributed by atoms with Gasteiger partial charge in [-0.1, -0.05) is 0 Å². The largest absolute Gasteiger partial charge is 0.431 e. The Morgan fingerprint density at radius 3 is 3.09 bits per heavy atom. The lowest BCUT2D eigenvalue weighted by molar-refractivity contribution is 0.483. The first-order chi connectivity index (χ1) is 5.33. The zero-order valence-corrected chi connectivity index (χ0v) is 6.77. The van der Waals surface area contributed by atoms with Crippen LogP contribution < -0.4 is 11.1 Å². The average molecular weight is 176 g/mol. The van der Waals surface area contributed by atoms with Crippen LogP contribution in [0.1, 0.15) is 5.76 Å². The van der Waals surface area contributed by atoms with E-state index in [0.717, 1.165) is 12.3 Å². The lowest BCUT2D eigenvalue weighted by Crippen LogP contribution is -2.21. The average Bonchev–Trinajstić information content (AvgIpc) is 2.37. The number of hydrogen-bond donors (Lipinski definition) is 2. The highest BCUT2D eigenvalue weighted by Gasteiger charge is 1.98. The second-order valence-electron chi connectivity index (χ2n) is 2.04. The van der Waals surface area contributed by atoms with Gasteiger partial charge in [0.25, 0.3) is 5.35 Å². The SMILES string of the molecule is NCCNCc1cnc(Cl)o1. The molecule has 0 aliphatic heterocycles. The standard InChI is InChI=1S/C6H10ClN3O/c7-6-10-4-5(11-6)3-9-2-1-8/h4,9H,1-3,8H2. The van der Waals surface area contributed by atoms with E-state index in [1.165, 1.54) is 0 Å². The number of nitrogens with zero attached hydrogens (tertiary/aromatic N) is 1. The molecular formula is C6H10ClN3O. The first-order valence-electron chi connectivity index (χ1n) is 3.34. The minimum absolute atomic E-state index is 0.176. The Bertz CT molecular complexity index is 213. The van der Waals surface area contributed by atoms with Crippen LogP contribution in [0.4, 0.5) is 0 Å². The minimum Gasteiger partial charge on any atom is -0.431 e. The Balaban J connectivity index is 2.27. The molecule has 0 saturated carbocycles. The maximum Gasteiger partial charge on any atom is 0.292 e. The molecule has 1 heterocycles. The van der Waals surface area contributed by atoms with Gasteiger partial charge < -0.3 is 15.5 Å². The number of oxazole rings is 1. The topological polar surface area (TPSA) is 64.1 Å².